The molecule has 0 bridgehead atoms. The van der Waals surface area contributed by atoms with Crippen molar-refractivity contribution >= 4 is 6.29 Å². The van der Waals surface area contributed by atoms with Gasteiger partial charge in [-0.1, -0.05) is 65.2 Å². The van der Waals surface area contributed by atoms with Crippen molar-refractivity contribution in [3.8, 4) is 0 Å². The Morgan fingerprint density at radius 1 is 0.933 bits per heavy atom. The molecule has 90 valence electrons. The number of hydrogen-bond acceptors (Lipinski definition) is 1. The first-order chi connectivity index (χ1) is 7.31. The Balaban J connectivity index is 3.05. The van der Waals surface area contributed by atoms with Crippen molar-refractivity contribution in [1.82, 2.24) is 0 Å². The molecule has 1 heteroatoms. The Hall–Kier alpha value is -0.330. The van der Waals surface area contributed by atoms with E-state index in [2.05, 4.69) is 13.8 Å². The molecule has 0 radical (unpaired) electrons. The van der Waals surface area contributed by atoms with E-state index >= 15 is 0 Å². The summed E-state index contributed by atoms with van der Waals surface area (Å²) in [5.74, 6) is 0.742. The van der Waals surface area contributed by atoms with Crippen molar-refractivity contribution in [2.24, 2.45) is 5.92 Å². The number of carbonyl (C=O) groups is 1. The van der Waals surface area contributed by atoms with E-state index in [0.29, 0.717) is 0 Å². The predicted molar refractivity (Wildman–Crippen MR) is 67.1 cm³/mol. The molecule has 0 spiro atoms. The summed E-state index contributed by atoms with van der Waals surface area (Å²) < 4.78 is 0. The van der Waals surface area contributed by atoms with Crippen LogP contribution in [0.2, 0.25) is 0 Å². The second kappa shape index (κ2) is 11.7. The van der Waals surface area contributed by atoms with E-state index in [1.165, 1.54) is 51.4 Å². The quantitative estimate of drug-likeness (QED) is 0.357. The molecule has 0 fully saturated rings. The van der Waals surface area contributed by atoms with Crippen LogP contribution in [-0.4, -0.2) is 6.29 Å². The van der Waals surface area contributed by atoms with Gasteiger partial charge in [0.1, 0.15) is 6.29 Å². The molecule has 1 nitrogen and oxygen atoms in total. The smallest absolute Gasteiger partial charge is 0.120 e. The van der Waals surface area contributed by atoms with Crippen molar-refractivity contribution in [2.75, 3.05) is 0 Å². The van der Waals surface area contributed by atoms with Gasteiger partial charge in [-0.15, -0.1) is 0 Å². The summed E-state index contributed by atoms with van der Waals surface area (Å²) in [6.07, 6.45) is 13.9. The van der Waals surface area contributed by atoms with Crippen molar-refractivity contribution in [1.29, 1.82) is 0 Å². The van der Waals surface area contributed by atoms with E-state index in [-0.39, 0.29) is 0 Å². The highest BCUT2D eigenvalue weighted by Crippen LogP contribution is 2.15. The van der Waals surface area contributed by atoms with E-state index in [1.807, 2.05) is 0 Å². The summed E-state index contributed by atoms with van der Waals surface area (Å²) in [5, 5.41) is 0. The van der Waals surface area contributed by atoms with Crippen LogP contribution in [-0.2, 0) is 4.79 Å². The first-order valence-corrected chi connectivity index (χ1v) is 6.74. The summed E-state index contributed by atoms with van der Waals surface area (Å²) in [7, 11) is 0. The van der Waals surface area contributed by atoms with Crippen LogP contribution in [0.4, 0.5) is 0 Å². The van der Waals surface area contributed by atoms with Gasteiger partial charge in [0.15, 0.2) is 0 Å². The number of aldehydes is 1. The summed E-state index contributed by atoms with van der Waals surface area (Å²) in [6.45, 7) is 4.52. The molecule has 0 amide bonds. The van der Waals surface area contributed by atoms with Crippen LogP contribution in [0.15, 0.2) is 0 Å². The van der Waals surface area contributed by atoms with Crippen LogP contribution in [0.3, 0.4) is 0 Å². The molecule has 1 unspecified atom stereocenters. The van der Waals surface area contributed by atoms with Crippen LogP contribution >= 0.6 is 0 Å². The molecule has 0 saturated carbocycles. The van der Waals surface area contributed by atoms with Crippen LogP contribution < -0.4 is 0 Å². The van der Waals surface area contributed by atoms with E-state index < -0.39 is 0 Å². The minimum absolute atomic E-state index is 0.742. The van der Waals surface area contributed by atoms with E-state index in [0.717, 1.165) is 25.0 Å². The summed E-state index contributed by atoms with van der Waals surface area (Å²) in [6, 6.07) is 0. The van der Waals surface area contributed by atoms with Gasteiger partial charge >= 0.3 is 0 Å². The maximum absolute atomic E-state index is 10.2. The lowest BCUT2D eigenvalue weighted by Crippen LogP contribution is -1.95. The molecule has 0 aliphatic heterocycles. The molecule has 0 N–H and O–H groups in total. The van der Waals surface area contributed by atoms with E-state index in [4.69, 9.17) is 0 Å². The normalized spacial score (nSPS) is 12.7. The topological polar surface area (TPSA) is 17.1 Å². The Bertz CT molecular complexity index is 131. The zero-order valence-corrected chi connectivity index (χ0v) is 10.6. The summed E-state index contributed by atoms with van der Waals surface area (Å²) in [5.41, 5.74) is 0. The van der Waals surface area contributed by atoms with Gasteiger partial charge in [0.2, 0.25) is 0 Å². The zero-order chi connectivity index (χ0) is 11.4. The number of unbranched alkanes of at least 4 members (excludes halogenated alkanes) is 6. The molecule has 15 heavy (non-hydrogen) atoms. The Kier molecular flexibility index (Phi) is 11.5. The maximum Gasteiger partial charge on any atom is 0.120 e. The number of rotatable bonds is 11. The molecule has 0 heterocycles. The van der Waals surface area contributed by atoms with Crippen LogP contribution in [0, 0.1) is 5.92 Å². The third kappa shape index (κ3) is 11.6. The van der Waals surface area contributed by atoms with Gasteiger partial charge in [-0.05, 0) is 12.3 Å². The van der Waals surface area contributed by atoms with Crippen molar-refractivity contribution in [2.45, 2.75) is 78.1 Å². The van der Waals surface area contributed by atoms with Gasteiger partial charge < -0.3 is 4.79 Å². The number of hydrogen-bond donors (Lipinski definition) is 0. The summed E-state index contributed by atoms with van der Waals surface area (Å²) in [4.78, 5) is 10.2. The third-order valence-corrected chi connectivity index (χ3v) is 3.08. The molecule has 0 aromatic carbocycles. The monoisotopic (exact) mass is 212 g/mol. The minimum atomic E-state index is 0.742. The molecule has 0 saturated heterocycles. The third-order valence-electron chi connectivity index (χ3n) is 3.08. The largest absolute Gasteiger partial charge is 0.303 e. The van der Waals surface area contributed by atoms with Gasteiger partial charge in [-0.3, -0.25) is 0 Å². The van der Waals surface area contributed by atoms with E-state index in [9.17, 15) is 4.79 Å². The fraction of sp³-hybridized carbons (Fsp3) is 0.929. The second-order valence-corrected chi connectivity index (χ2v) is 4.76. The SMILES string of the molecule is CCCCCCCCCC(C)CCC=O. The highest BCUT2D eigenvalue weighted by molar-refractivity contribution is 5.49. The van der Waals surface area contributed by atoms with Crippen molar-refractivity contribution in [3.63, 3.8) is 0 Å². The molecule has 0 aliphatic carbocycles. The minimum Gasteiger partial charge on any atom is -0.303 e. The highest BCUT2D eigenvalue weighted by Gasteiger charge is 2.00. The lowest BCUT2D eigenvalue weighted by atomic mass is 9.98. The van der Waals surface area contributed by atoms with Gasteiger partial charge in [-0.25, -0.2) is 0 Å². The molecule has 1 atom stereocenters. The standard InChI is InChI=1S/C14H28O/c1-3-4-5-6-7-8-9-11-14(2)12-10-13-15/h13-14H,3-12H2,1-2H3. The molecular formula is C14H28O. The molecule has 0 aromatic rings. The van der Waals surface area contributed by atoms with Crippen molar-refractivity contribution in [3.05, 3.63) is 0 Å². The lowest BCUT2D eigenvalue weighted by Gasteiger charge is -2.08. The lowest BCUT2D eigenvalue weighted by molar-refractivity contribution is -0.108. The molecule has 0 aromatic heterocycles. The highest BCUT2D eigenvalue weighted by atomic mass is 16.1. The zero-order valence-electron chi connectivity index (χ0n) is 10.6. The second-order valence-electron chi connectivity index (χ2n) is 4.76. The van der Waals surface area contributed by atoms with Crippen LogP contribution in [0.5, 0.6) is 0 Å². The number of carbonyl (C=O) groups excluding carboxylic acids is 1. The van der Waals surface area contributed by atoms with Gasteiger partial charge in [-0.2, -0.15) is 0 Å². The van der Waals surface area contributed by atoms with Gasteiger partial charge in [0.25, 0.3) is 0 Å². The van der Waals surface area contributed by atoms with Gasteiger partial charge in [0.05, 0.1) is 0 Å². The van der Waals surface area contributed by atoms with Crippen LogP contribution in [0.1, 0.15) is 78.1 Å². The average Bonchev–Trinajstić information content (AvgIpc) is 2.25. The van der Waals surface area contributed by atoms with Crippen LogP contribution in [0.25, 0.3) is 0 Å². The Labute approximate surface area is 95.6 Å². The first kappa shape index (κ1) is 14.7. The fourth-order valence-electron chi connectivity index (χ4n) is 1.95. The fourth-order valence-corrected chi connectivity index (χ4v) is 1.95. The molecule has 0 rings (SSSR count). The Morgan fingerprint density at radius 3 is 2.13 bits per heavy atom. The average molecular weight is 212 g/mol. The summed E-state index contributed by atoms with van der Waals surface area (Å²) >= 11 is 0. The molecule has 0 aliphatic rings. The Morgan fingerprint density at radius 2 is 1.53 bits per heavy atom. The molecular weight excluding hydrogens is 184 g/mol. The van der Waals surface area contributed by atoms with Gasteiger partial charge in [0, 0.05) is 6.42 Å². The van der Waals surface area contributed by atoms with E-state index in [1.54, 1.807) is 0 Å². The first-order valence-electron chi connectivity index (χ1n) is 6.74. The van der Waals surface area contributed by atoms with Crippen molar-refractivity contribution < 1.29 is 4.79 Å². The predicted octanol–water partition coefficient (Wildman–Crippen LogP) is 4.74. The maximum atomic E-state index is 10.2.